The van der Waals surface area contributed by atoms with E-state index in [1.165, 1.54) is 12.4 Å². The molecule has 1 unspecified atom stereocenters. The zero-order valence-corrected chi connectivity index (χ0v) is 44.8. The number of nitrogens with one attached hydrogen (secondary N) is 7. The van der Waals surface area contributed by atoms with E-state index in [2.05, 4.69) is 62.1 Å². The number of aryl methyl sites for hydroxylation is 2. The molecular weight excluding hydrogens is 1030 g/mol. The smallest absolute Gasteiger partial charge is 0.238 e. The van der Waals surface area contributed by atoms with E-state index in [-0.39, 0.29) is 84.7 Å². The summed E-state index contributed by atoms with van der Waals surface area (Å²) in [6, 6.07) is 14.0. The number of piperazine rings is 1. The molecule has 0 spiro atoms. The standard InChI is InChI=1S/C46H55Cl2N13O6S4/c1-26(2)70(64,65)44-38(55-42-34(48)23-51-46(59-42)57-36-19-30(10-8-27(36)3)52-39(62)24-60(6)7)21-32(69-44)18-29(5)71(66,67)43-35(12-17-68-43)54-41-33(47)22-50-45(58-41)56-37-20-31(11-9-28(37)4)53-40(63)25-61-15-13-49-14-16-61/h8-12,17,19-23,26,29,49H,13-16,18,24-25H2,1-7H3,(H,52,62)(H,53,63)(H2,50,54,56,58)(H2,51,55,57,59). The molecule has 7 N–H and O–H groups in total. The number of sulfone groups is 2. The van der Waals surface area contributed by atoms with Gasteiger partial charge in [-0.25, -0.2) is 26.8 Å². The number of aromatic nitrogens is 4. The number of likely N-dealkylation sites (N-methyl/N-ethyl adjacent to an activating group) is 1. The Morgan fingerprint density at radius 2 is 1.28 bits per heavy atom. The Morgan fingerprint density at radius 3 is 1.83 bits per heavy atom. The van der Waals surface area contributed by atoms with Crippen LogP contribution < -0.4 is 37.2 Å². The van der Waals surface area contributed by atoms with E-state index in [1.54, 1.807) is 75.5 Å². The van der Waals surface area contributed by atoms with Gasteiger partial charge in [-0.1, -0.05) is 35.3 Å². The number of nitrogens with zero attached hydrogens (tertiary/aromatic N) is 6. The van der Waals surface area contributed by atoms with Gasteiger partial charge >= 0.3 is 0 Å². The summed E-state index contributed by atoms with van der Waals surface area (Å²) in [7, 11) is -4.35. The van der Waals surface area contributed by atoms with Crippen LogP contribution in [0.1, 0.15) is 36.8 Å². The third-order valence-corrected chi connectivity index (χ3v) is 19.2. The van der Waals surface area contributed by atoms with Crippen LogP contribution >= 0.6 is 45.9 Å². The van der Waals surface area contributed by atoms with Crippen molar-refractivity contribution in [1.82, 2.24) is 35.1 Å². The molecule has 2 amide bonds. The first kappa shape index (κ1) is 53.3. The Bertz CT molecular complexity index is 3150. The Kier molecular flexibility index (Phi) is 17.2. The highest BCUT2D eigenvalue weighted by Crippen LogP contribution is 2.40. The number of hydrogen-bond donors (Lipinski definition) is 7. The molecule has 1 aliphatic heterocycles. The molecule has 5 heterocycles. The van der Waals surface area contributed by atoms with Gasteiger partial charge < -0.3 is 42.1 Å². The van der Waals surface area contributed by atoms with Crippen molar-refractivity contribution in [3.05, 3.63) is 92.4 Å². The topological polar surface area (TPSA) is 245 Å². The van der Waals surface area contributed by atoms with E-state index in [0.717, 1.165) is 60.0 Å². The molecule has 0 radical (unpaired) electrons. The molecule has 1 aliphatic rings. The Balaban J connectivity index is 1.07. The highest BCUT2D eigenvalue weighted by Gasteiger charge is 2.32. The van der Waals surface area contributed by atoms with Gasteiger partial charge in [0.2, 0.25) is 23.7 Å². The number of thiophene rings is 2. The van der Waals surface area contributed by atoms with Crippen LogP contribution in [0.2, 0.25) is 10.0 Å². The number of rotatable bonds is 20. The lowest BCUT2D eigenvalue weighted by molar-refractivity contribution is -0.118. The fourth-order valence-electron chi connectivity index (χ4n) is 7.18. The zero-order valence-electron chi connectivity index (χ0n) is 40.0. The second kappa shape index (κ2) is 22.9. The van der Waals surface area contributed by atoms with Crippen molar-refractivity contribution in [1.29, 1.82) is 0 Å². The normalized spacial score (nSPS) is 13.8. The predicted molar refractivity (Wildman–Crippen MR) is 286 cm³/mol. The molecule has 2 aromatic carbocycles. The number of carbonyl (C=O) groups is 2. The summed E-state index contributed by atoms with van der Waals surface area (Å²) in [6.07, 6.45) is 2.73. The molecule has 19 nitrogen and oxygen atoms in total. The second-order valence-electron chi connectivity index (χ2n) is 17.4. The maximum Gasteiger partial charge on any atom is 0.238 e. The average Bonchev–Trinajstić information content (AvgIpc) is 3.95. The molecule has 0 bridgehead atoms. The van der Waals surface area contributed by atoms with E-state index in [4.69, 9.17) is 23.2 Å². The number of anilines is 10. The van der Waals surface area contributed by atoms with Crippen LogP contribution in [-0.4, -0.2) is 122 Å². The quantitative estimate of drug-likeness (QED) is 0.0381. The van der Waals surface area contributed by atoms with Crippen LogP contribution in [-0.2, 0) is 35.7 Å². The minimum atomic E-state index is -4.05. The van der Waals surface area contributed by atoms with Crippen molar-refractivity contribution in [2.75, 3.05) is 85.3 Å². The number of carbonyl (C=O) groups excluding carboxylic acids is 2. The van der Waals surface area contributed by atoms with Crippen LogP contribution in [0, 0.1) is 13.8 Å². The van der Waals surface area contributed by atoms with Crippen molar-refractivity contribution in [3.63, 3.8) is 0 Å². The number of hydrogen-bond acceptors (Lipinski definition) is 19. The monoisotopic (exact) mass is 1080 g/mol. The number of amides is 2. The summed E-state index contributed by atoms with van der Waals surface area (Å²) < 4.78 is 56.4. The van der Waals surface area contributed by atoms with Gasteiger partial charge in [-0.2, -0.15) is 9.97 Å². The Morgan fingerprint density at radius 1 is 0.732 bits per heavy atom. The lowest BCUT2D eigenvalue weighted by Crippen LogP contribution is -2.46. The van der Waals surface area contributed by atoms with E-state index in [9.17, 15) is 26.4 Å². The van der Waals surface area contributed by atoms with Crippen molar-refractivity contribution in [2.45, 2.75) is 60.0 Å². The fourth-order valence-corrected chi connectivity index (χ4v) is 13.7. The van der Waals surface area contributed by atoms with Gasteiger partial charge in [0.25, 0.3) is 0 Å². The van der Waals surface area contributed by atoms with Gasteiger partial charge in [-0.05, 0) is 108 Å². The van der Waals surface area contributed by atoms with Gasteiger partial charge in [0, 0.05) is 53.8 Å². The predicted octanol–water partition coefficient (Wildman–Crippen LogP) is 8.22. The lowest BCUT2D eigenvalue weighted by Gasteiger charge is -2.26. The van der Waals surface area contributed by atoms with Crippen LogP contribution in [0.5, 0.6) is 0 Å². The lowest BCUT2D eigenvalue weighted by atomic mass is 10.2. The van der Waals surface area contributed by atoms with Gasteiger partial charge in [-0.15, -0.1) is 22.7 Å². The van der Waals surface area contributed by atoms with Crippen LogP contribution in [0.3, 0.4) is 0 Å². The van der Waals surface area contributed by atoms with Crippen molar-refractivity contribution < 1.29 is 26.4 Å². The first-order chi connectivity index (χ1) is 33.7. The summed E-state index contributed by atoms with van der Waals surface area (Å²) in [5.74, 6) is 0.253. The molecule has 4 aromatic heterocycles. The minimum absolute atomic E-state index is 0.00733. The first-order valence-electron chi connectivity index (χ1n) is 22.4. The van der Waals surface area contributed by atoms with Gasteiger partial charge in [0.05, 0.1) is 47.4 Å². The molecule has 1 atom stereocenters. The summed E-state index contributed by atoms with van der Waals surface area (Å²) in [4.78, 5) is 47.4. The third kappa shape index (κ3) is 13.5. The number of halogens is 2. The summed E-state index contributed by atoms with van der Waals surface area (Å²) >= 11 is 15.2. The molecule has 71 heavy (non-hydrogen) atoms. The van der Waals surface area contributed by atoms with E-state index in [0.29, 0.717) is 27.6 Å². The highest BCUT2D eigenvalue weighted by atomic mass is 35.5. The Labute approximate surface area is 431 Å². The molecular formula is C46H55Cl2N13O6S4. The molecule has 0 aliphatic carbocycles. The maximum atomic E-state index is 14.4. The molecule has 1 fully saturated rings. The summed E-state index contributed by atoms with van der Waals surface area (Å²) in [5, 5.41) is 21.7. The highest BCUT2D eigenvalue weighted by molar-refractivity contribution is 7.94. The van der Waals surface area contributed by atoms with E-state index < -0.39 is 30.2 Å². The van der Waals surface area contributed by atoms with E-state index >= 15 is 0 Å². The van der Waals surface area contributed by atoms with Crippen molar-refractivity contribution in [3.8, 4) is 0 Å². The fraction of sp³-hybridized carbons (Fsp3) is 0.348. The van der Waals surface area contributed by atoms with Crippen LogP contribution in [0.15, 0.2) is 74.7 Å². The van der Waals surface area contributed by atoms with Gasteiger partial charge in [0.15, 0.2) is 31.3 Å². The minimum Gasteiger partial charge on any atom is -0.337 e. The first-order valence-corrected chi connectivity index (χ1v) is 27.9. The number of benzene rings is 2. The van der Waals surface area contributed by atoms with Crippen molar-refractivity contribution in [2.24, 2.45) is 0 Å². The molecule has 7 rings (SSSR count). The van der Waals surface area contributed by atoms with Crippen LogP contribution in [0.4, 0.5) is 57.7 Å². The molecule has 6 aromatic rings. The third-order valence-electron chi connectivity index (χ3n) is 11.1. The largest absolute Gasteiger partial charge is 0.337 e. The second-order valence-corrected chi connectivity index (χ2v) is 25.5. The SMILES string of the molecule is Cc1ccc(NC(=O)CN(C)C)cc1Nc1ncc(Cl)c(Nc2cc(CC(C)S(=O)(=O)c3sccc3Nc3nc(Nc4cc(NC(=O)CN5CCNCC5)ccc4C)ncc3Cl)sc2S(=O)(=O)C(C)C)n1. The van der Waals surface area contributed by atoms with E-state index in [1.807, 2.05) is 32.0 Å². The van der Waals surface area contributed by atoms with Crippen LogP contribution in [0.25, 0.3) is 0 Å². The van der Waals surface area contributed by atoms with Gasteiger partial charge in [-0.3, -0.25) is 14.5 Å². The Hall–Kier alpha value is -5.50. The molecule has 1 saturated heterocycles. The molecule has 0 saturated carbocycles. The molecule has 25 heteroatoms. The summed E-state index contributed by atoms with van der Waals surface area (Å²) in [5.41, 5.74) is 4.52. The van der Waals surface area contributed by atoms with Crippen molar-refractivity contribution >= 4 is 135 Å². The maximum absolute atomic E-state index is 14.4. The molecule has 378 valence electrons. The summed E-state index contributed by atoms with van der Waals surface area (Å²) in [6.45, 7) is 12.2. The van der Waals surface area contributed by atoms with Gasteiger partial charge in [0.1, 0.15) is 18.5 Å². The zero-order chi connectivity index (χ0) is 51.2. The average molecular weight is 1090 g/mol.